The van der Waals surface area contributed by atoms with Crippen molar-refractivity contribution in [2.75, 3.05) is 6.54 Å². The van der Waals surface area contributed by atoms with Crippen LogP contribution in [0.2, 0.25) is 0 Å². The first-order valence-electron chi connectivity index (χ1n) is 8.05. The minimum absolute atomic E-state index is 0.188. The van der Waals surface area contributed by atoms with Gasteiger partial charge in [0, 0.05) is 12.7 Å². The number of hydrogen-bond acceptors (Lipinski definition) is 5. The Labute approximate surface area is 139 Å². The Morgan fingerprint density at radius 3 is 2.88 bits per heavy atom. The van der Waals surface area contributed by atoms with E-state index in [9.17, 15) is 14.7 Å². The van der Waals surface area contributed by atoms with Gasteiger partial charge in [0.1, 0.15) is 5.60 Å². The molecule has 2 N–H and O–H groups in total. The first kappa shape index (κ1) is 16.4. The molecule has 0 bridgehead atoms. The monoisotopic (exact) mass is 334 g/mol. The van der Waals surface area contributed by atoms with Crippen molar-refractivity contribution in [1.82, 2.24) is 19.3 Å². The summed E-state index contributed by atoms with van der Waals surface area (Å²) in [5.74, 6) is 0.0665. The molecule has 3 rings (SSSR count). The summed E-state index contributed by atoms with van der Waals surface area (Å²) in [6.07, 6.45) is 3.91. The number of fused-ring (bicyclic) bond motifs is 1. The fourth-order valence-electron chi connectivity index (χ4n) is 2.93. The third kappa shape index (κ3) is 3.22. The molecule has 1 fully saturated rings. The second-order valence-corrected chi connectivity index (χ2v) is 7.04. The second-order valence-electron chi connectivity index (χ2n) is 7.04. The van der Waals surface area contributed by atoms with Crippen LogP contribution in [0.3, 0.4) is 0 Å². The highest BCUT2D eigenvalue weighted by Gasteiger charge is 2.33. The number of imidazole rings is 1. The Kier molecular flexibility index (Phi) is 3.98. The predicted octanol–water partition coefficient (Wildman–Crippen LogP) is 2.19. The highest BCUT2D eigenvalue weighted by molar-refractivity contribution is 5.69. The van der Waals surface area contributed by atoms with Crippen LogP contribution in [0.15, 0.2) is 17.1 Å². The predicted molar refractivity (Wildman–Crippen MR) is 87.0 cm³/mol. The molecule has 8 nitrogen and oxygen atoms in total. The number of ether oxygens (including phenoxy) is 1. The van der Waals surface area contributed by atoms with E-state index in [1.807, 2.05) is 20.8 Å². The summed E-state index contributed by atoms with van der Waals surface area (Å²) in [5, 5.41) is 9.89. The number of hydrogen-bond donors (Lipinski definition) is 2. The van der Waals surface area contributed by atoms with Gasteiger partial charge in [0.15, 0.2) is 0 Å². The SMILES string of the molecule is CC(C)(C)OC(=O)N1CCCC[C@H]1c1cn2c(O)cc(=O)[nH]c2n1. The molecule has 0 saturated carbocycles. The zero-order valence-corrected chi connectivity index (χ0v) is 14.1. The molecule has 0 aromatic carbocycles. The molecule has 8 heteroatoms. The van der Waals surface area contributed by atoms with Crippen molar-refractivity contribution < 1.29 is 14.6 Å². The fraction of sp³-hybridized carbons (Fsp3) is 0.562. The molecular formula is C16H22N4O4. The van der Waals surface area contributed by atoms with E-state index in [0.717, 1.165) is 25.3 Å². The van der Waals surface area contributed by atoms with Gasteiger partial charge in [-0.2, -0.15) is 0 Å². The number of aromatic nitrogens is 3. The van der Waals surface area contributed by atoms with Crippen LogP contribution in [0.4, 0.5) is 4.79 Å². The maximum atomic E-state index is 12.5. The van der Waals surface area contributed by atoms with Crippen LogP contribution in [-0.4, -0.2) is 42.6 Å². The third-order valence-electron chi connectivity index (χ3n) is 3.94. The molecule has 0 radical (unpaired) electrons. The molecule has 0 unspecified atom stereocenters. The molecule has 24 heavy (non-hydrogen) atoms. The minimum Gasteiger partial charge on any atom is -0.494 e. The lowest BCUT2D eigenvalue weighted by molar-refractivity contribution is 0.00906. The molecule has 2 aromatic rings. The van der Waals surface area contributed by atoms with Crippen LogP contribution in [0.25, 0.3) is 5.78 Å². The number of carbonyl (C=O) groups excluding carboxylic acids is 1. The summed E-state index contributed by atoms with van der Waals surface area (Å²) in [6, 6.07) is 0.849. The molecule has 0 spiro atoms. The van der Waals surface area contributed by atoms with Gasteiger partial charge < -0.3 is 9.84 Å². The topological polar surface area (TPSA) is 99.9 Å². The molecule has 1 saturated heterocycles. The van der Waals surface area contributed by atoms with Crippen molar-refractivity contribution in [2.24, 2.45) is 0 Å². The van der Waals surface area contributed by atoms with Gasteiger partial charge in [-0.3, -0.25) is 19.1 Å². The molecule has 130 valence electrons. The summed E-state index contributed by atoms with van der Waals surface area (Å²) in [5.41, 5.74) is -0.371. The van der Waals surface area contributed by atoms with E-state index in [0.29, 0.717) is 12.2 Å². The molecular weight excluding hydrogens is 312 g/mol. The van der Waals surface area contributed by atoms with E-state index in [2.05, 4.69) is 9.97 Å². The van der Waals surface area contributed by atoms with E-state index in [-0.39, 0.29) is 23.8 Å². The van der Waals surface area contributed by atoms with Crippen molar-refractivity contribution in [3.63, 3.8) is 0 Å². The van der Waals surface area contributed by atoms with Crippen molar-refractivity contribution in [1.29, 1.82) is 0 Å². The van der Waals surface area contributed by atoms with E-state index in [4.69, 9.17) is 4.74 Å². The van der Waals surface area contributed by atoms with Crippen LogP contribution in [0, 0.1) is 0 Å². The number of H-pyrrole nitrogens is 1. The first-order valence-corrected chi connectivity index (χ1v) is 8.05. The van der Waals surface area contributed by atoms with E-state index in [1.165, 1.54) is 4.40 Å². The molecule has 2 aromatic heterocycles. The first-order chi connectivity index (χ1) is 11.2. The fourth-order valence-corrected chi connectivity index (χ4v) is 2.93. The van der Waals surface area contributed by atoms with Crippen LogP contribution in [0.1, 0.15) is 51.8 Å². The van der Waals surface area contributed by atoms with Crippen LogP contribution >= 0.6 is 0 Å². The van der Waals surface area contributed by atoms with Gasteiger partial charge in [0.25, 0.3) is 5.56 Å². The molecule has 1 amide bonds. The number of rotatable bonds is 1. The van der Waals surface area contributed by atoms with Gasteiger partial charge in [0.05, 0.1) is 17.8 Å². The van der Waals surface area contributed by atoms with Crippen molar-refractivity contribution >= 4 is 11.9 Å². The van der Waals surface area contributed by atoms with E-state index in [1.54, 1.807) is 11.1 Å². The number of nitrogens with one attached hydrogen (secondary N) is 1. The van der Waals surface area contributed by atoms with Crippen molar-refractivity contribution in [2.45, 2.75) is 51.7 Å². The molecule has 1 aliphatic rings. The van der Waals surface area contributed by atoms with Crippen LogP contribution in [-0.2, 0) is 4.74 Å². The van der Waals surface area contributed by atoms with Gasteiger partial charge in [-0.15, -0.1) is 0 Å². The lowest BCUT2D eigenvalue weighted by Crippen LogP contribution is -2.42. The standard InChI is InChI=1S/C16H22N4O4/c1-16(2,3)24-15(23)19-7-5-4-6-11(19)10-9-20-13(22)8-12(21)18-14(20)17-10/h8-9,11,22H,4-7H2,1-3H3,(H,17,18,21)/t11-/m0/s1. The highest BCUT2D eigenvalue weighted by atomic mass is 16.6. The van der Waals surface area contributed by atoms with Crippen molar-refractivity contribution in [3.8, 4) is 5.88 Å². The van der Waals surface area contributed by atoms with Gasteiger partial charge in [-0.05, 0) is 40.0 Å². The third-order valence-corrected chi connectivity index (χ3v) is 3.94. The molecule has 3 heterocycles. The lowest BCUT2D eigenvalue weighted by Gasteiger charge is -2.35. The average Bonchev–Trinajstić information content (AvgIpc) is 2.89. The van der Waals surface area contributed by atoms with Gasteiger partial charge in [0.2, 0.25) is 11.7 Å². The largest absolute Gasteiger partial charge is 0.494 e. The second kappa shape index (κ2) is 5.85. The zero-order valence-electron chi connectivity index (χ0n) is 14.1. The van der Waals surface area contributed by atoms with E-state index >= 15 is 0 Å². The highest BCUT2D eigenvalue weighted by Crippen LogP contribution is 2.32. The number of piperidine rings is 1. The Hall–Kier alpha value is -2.51. The smallest absolute Gasteiger partial charge is 0.410 e. The number of nitrogens with zero attached hydrogens (tertiary/aromatic N) is 3. The Bertz CT molecular complexity index is 818. The number of amides is 1. The molecule has 0 aliphatic carbocycles. The summed E-state index contributed by atoms with van der Waals surface area (Å²) >= 11 is 0. The summed E-state index contributed by atoms with van der Waals surface area (Å²) in [6.45, 7) is 6.09. The summed E-state index contributed by atoms with van der Waals surface area (Å²) < 4.78 is 6.89. The minimum atomic E-state index is -0.568. The Balaban J connectivity index is 1.95. The van der Waals surface area contributed by atoms with E-state index < -0.39 is 11.2 Å². The van der Waals surface area contributed by atoms with Gasteiger partial charge in [-0.25, -0.2) is 9.78 Å². The van der Waals surface area contributed by atoms with Crippen LogP contribution in [0.5, 0.6) is 5.88 Å². The molecule has 1 atom stereocenters. The zero-order chi connectivity index (χ0) is 17.5. The lowest BCUT2D eigenvalue weighted by atomic mass is 10.0. The number of carbonyl (C=O) groups is 1. The molecule has 1 aliphatic heterocycles. The average molecular weight is 334 g/mol. The Morgan fingerprint density at radius 1 is 1.42 bits per heavy atom. The normalized spacial score (nSPS) is 18.8. The van der Waals surface area contributed by atoms with Gasteiger partial charge >= 0.3 is 6.09 Å². The number of likely N-dealkylation sites (tertiary alicyclic amines) is 1. The van der Waals surface area contributed by atoms with Crippen LogP contribution < -0.4 is 5.56 Å². The maximum Gasteiger partial charge on any atom is 0.410 e. The quantitative estimate of drug-likeness (QED) is 0.832. The Morgan fingerprint density at radius 2 is 2.17 bits per heavy atom. The number of aromatic hydroxyl groups is 1. The summed E-state index contributed by atoms with van der Waals surface area (Å²) in [4.78, 5) is 32.6. The maximum absolute atomic E-state index is 12.5. The summed E-state index contributed by atoms with van der Waals surface area (Å²) in [7, 11) is 0. The van der Waals surface area contributed by atoms with Gasteiger partial charge in [-0.1, -0.05) is 0 Å². The number of aromatic amines is 1. The van der Waals surface area contributed by atoms with Crippen molar-refractivity contribution in [3.05, 3.63) is 28.3 Å².